The van der Waals surface area contributed by atoms with Gasteiger partial charge in [0.2, 0.25) is 0 Å². The molecular formula is C11H11F3N2O3S. The van der Waals surface area contributed by atoms with Crippen LogP contribution in [0.2, 0.25) is 0 Å². The number of pyridine rings is 1. The van der Waals surface area contributed by atoms with Crippen LogP contribution in [-0.2, 0) is 15.7 Å². The zero-order valence-electron chi connectivity index (χ0n) is 10.4. The second-order valence-corrected chi connectivity index (χ2v) is 4.47. The van der Waals surface area contributed by atoms with Crippen molar-refractivity contribution < 1.29 is 27.5 Å². The van der Waals surface area contributed by atoms with E-state index >= 15 is 0 Å². The number of nitrogens with zero attached hydrogens (tertiary/aromatic N) is 1. The van der Waals surface area contributed by atoms with E-state index in [1.165, 1.54) is 0 Å². The summed E-state index contributed by atoms with van der Waals surface area (Å²) in [6.45, 7) is 1.75. The molecule has 0 radical (unpaired) electrons. The zero-order chi connectivity index (χ0) is 15.3. The van der Waals surface area contributed by atoms with Crippen molar-refractivity contribution in [3.8, 4) is 0 Å². The van der Waals surface area contributed by atoms with E-state index in [-0.39, 0.29) is 22.9 Å². The van der Waals surface area contributed by atoms with Crippen molar-refractivity contribution >= 4 is 23.6 Å². The van der Waals surface area contributed by atoms with Gasteiger partial charge in [0.25, 0.3) is 5.91 Å². The van der Waals surface area contributed by atoms with Gasteiger partial charge in [-0.3, -0.25) is 9.59 Å². The maximum Gasteiger partial charge on any atom is 0.433 e. The van der Waals surface area contributed by atoms with Gasteiger partial charge in [-0.15, -0.1) is 0 Å². The van der Waals surface area contributed by atoms with Gasteiger partial charge in [0.1, 0.15) is 10.7 Å². The summed E-state index contributed by atoms with van der Waals surface area (Å²) in [4.78, 5) is 25.6. The first-order chi connectivity index (χ1) is 9.25. The number of ether oxygens (including phenoxy) is 1. The topological polar surface area (TPSA) is 82.3 Å². The summed E-state index contributed by atoms with van der Waals surface area (Å²) in [5, 5.41) is -0.250. The number of primary amides is 1. The summed E-state index contributed by atoms with van der Waals surface area (Å²) in [6.07, 6.45) is -4.64. The highest BCUT2D eigenvalue weighted by molar-refractivity contribution is 8.00. The standard InChI is InChI=1S/C11H11F3N2O3S/c1-2-19-8(17)5-20-10-6(9(15)18)3-4-7(16-10)11(12,13)14/h3-4H,2,5H2,1H3,(H2,15,18). The number of halogens is 3. The van der Waals surface area contributed by atoms with Crippen LogP contribution in [0.15, 0.2) is 17.2 Å². The molecule has 0 fully saturated rings. The smallest absolute Gasteiger partial charge is 0.433 e. The van der Waals surface area contributed by atoms with E-state index < -0.39 is 23.7 Å². The Morgan fingerprint density at radius 3 is 2.55 bits per heavy atom. The Labute approximate surface area is 116 Å². The molecule has 0 aliphatic heterocycles. The highest BCUT2D eigenvalue weighted by atomic mass is 32.2. The van der Waals surface area contributed by atoms with Gasteiger partial charge in [-0.05, 0) is 19.1 Å². The number of rotatable bonds is 5. The number of hydrogen-bond donors (Lipinski definition) is 1. The number of aromatic nitrogens is 1. The van der Waals surface area contributed by atoms with E-state index in [9.17, 15) is 22.8 Å². The minimum absolute atomic E-state index is 0.151. The Hall–Kier alpha value is -1.77. The maximum absolute atomic E-state index is 12.5. The fraction of sp³-hybridized carbons (Fsp3) is 0.364. The summed E-state index contributed by atoms with van der Waals surface area (Å²) < 4.78 is 42.3. The molecule has 0 spiro atoms. The number of thioether (sulfide) groups is 1. The van der Waals surface area contributed by atoms with Crippen molar-refractivity contribution in [2.24, 2.45) is 5.73 Å². The van der Waals surface area contributed by atoms with Crippen molar-refractivity contribution in [1.29, 1.82) is 0 Å². The molecule has 0 bridgehead atoms. The lowest BCUT2D eigenvalue weighted by atomic mass is 10.2. The van der Waals surface area contributed by atoms with Crippen LogP contribution in [-0.4, -0.2) is 29.2 Å². The third-order valence-corrected chi connectivity index (χ3v) is 3.01. The van der Waals surface area contributed by atoms with Crippen molar-refractivity contribution in [2.75, 3.05) is 12.4 Å². The number of carbonyl (C=O) groups excluding carboxylic acids is 2. The molecule has 1 aromatic heterocycles. The van der Waals surface area contributed by atoms with E-state index in [0.29, 0.717) is 17.8 Å². The molecule has 1 aromatic rings. The van der Waals surface area contributed by atoms with Gasteiger partial charge in [0.15, 0.2) is 0 Å². The molecule has 0 saturated heterocycles. The molecule has 20 heavy (non-hydrogen) atoms. The number of alkyl halides is 3. The largest absolute Gasteiger partial charge is 0.465 e. The fourth-order valence-corrected chi connectivity index (χ4v) is 2.05. The van der Waals surface area contributed by atoms with E-state index in [1.54, 1.807) is 6.92 Å². The molecule has 0 unspecified atom stereocenters. The number of esters is 1. The molecule has 0 atom stereocenters. The van der Waals surface area contributed by atoms with Crippen LogP contribution < -0.4 is 5.73 Å². The second-order valence-electron chi connectivity index (χ2n) is 3.50. The lowest BCUT2D eigenvalue weighted by Crippen LogP contribution is -2.17. The number of amides is 1. The molecule has 1 heterocycles. The number of carbonyl (C=O) groups is 2. The van der Waals surface area contributed by atoms with Crippen LogP contribution in [0.5, 0.6) is 0 Å². The quantitative estimate of drug-likeness (QED) is 0.663. The van der Waals surface area contributed by atoms with E-state index in [2.05, 4.69) is 9.72 Å². The highest BCUT2D eigenvalue weighted by Crippen LogP contribution is 2.30. The van der Waals surface area contributed by atoms with Crippen LogP contribution in [0.1, 0.15) is 23.0 Å². The number of nitrogens with two attached hydrogens (primary N) is 1. The van der Waals surface area contributed by atoms with E-state index in [0.717, 1.165) is 6.07 Å². The molecule has 0 aliphatic rings. The molecule has 110 valence electrons. The Bertz CT molecular complexity index is 520. The summed E-state index contributed by atoms with van der Waals surface area (Å²) in [7, 11) is 0. The minimum Gasteiger partial charge on any atom is -0.465 e. The predicted octanol–water partition coefficient (Wildman–Crippen LogP) is 1.85. The average Bonchev–Trinajstić information content (AvgIpc) is 2.35. The third-order valence-electron chi connectivity index (χ3n) is 2.05. The molecule has 2 N–H and O–H groups in total. The van der Waals surface area contributed by atoms with Crippen molar-refractivity contribution in [3.63, 3.8) is 0 Å². The average molecular weight is 308 g/mol. The van der Waals surface area contributed by atoms with Crippen LogP contribution in [0, 0.1) is 0 Å². The molecular weight excluding hydrogens is 297 g/mol. The summed E-state index contributed by atoms with van der Waals surface area (Å²) in [5.41, 5.74) is 3.72. The molecule has 0 aliphatic carbocycles. The SMILES string of the molecule is CCOC(=O)CSc1nc(C(F)(F)F)ccc1C(N)=O. The second kappa shape index (κ2) is 6.60. The van der Waals surface area contributed by atoms with Crippen molar-refractivity contribution in [2.45, 2.75) is 18.1 Å². The molecule has 0 saturated carbocycles. The Morgan fingerprint density at radius 1 is 1.40 bits per heavy atom. The van der Waals surface area contributed by atoms with Gasteiger partial charge in [-0.1, -0.05) is 11.8 Å². The van der Waals surface area contributed by atoms with Gasteiger partial charge in [-0.2, -0.15) is 13.2 Å². The molecule has 1 amide bonds. The monoisotopic (exact) mass is 308 g/mol. The molecule has 5 nitrogen and oxygen atoms in total. The third kappa shape index (κ3) is 4.41. The first-order valence-electron chi connectivity index (χ1n) is 5.42. The maximum atomic E-state index is 12.5. The lowest BCUT2D eigenvalue weighted by molar-refractivity contribution is -0.141. The first kappa shape index (κ1) is 16.3. The number of hydrogen-bond acceptors (Lipinski definition) is 5. The molecule has 1 rings (SSSR count). The first-order valence-corrected chi connectivity index (χ1v) is 6.40. The summed E-state index contributed by atoms with van der Waals surface area (Å²) in [5.74, 6) is -1.80. The van der Waals surface area contributed by atoms with Crippen LogP contribution >= 0.6 is 11.8 Å². The zero-order valence-corrected chi connectivity index (χ0v) is 11.2. The summed E-state index contributed by atoms with van der Waals surface area (Å²) in [6, 6.07) is 1.60. The Kier molecular flexibility index (Phi) is 5.37. The Morgan fingerprint density at radius 2 is 2.05 bits per heavy atom. The van der Waals surface area contributed by atoms with Gasteiger partial charge < -0.3 is 10.5 Å². The molecule has 9 heteroatoms. The van der Waals surface area contributed by atoms with Gasteiger partial charge >= 0.3 is 12.1 Å². The lowest BCUT2D eigenvalue weighted by Gasteiger charge is -2.10. The van der Waals surface area contributed by atoms with Gasteiger partial charge in [0, 0.05) is 0 Å². The summed E-state index contributed by atoms with van der Waals surface area (Å²) >= 11 is 0.667. The van der Waals surface area contributed by atoms with Crippen molar-refractivity contribution in [1.82, 2.24) is 4.98 Å². The minimum atomic E-state index is -4.64. The van der Waals surface area contributed by atoms with Crippen LogP contribution in [0.4, 0.5) is 13.2 Å². The molecule has 0 aromatic carbocycles. The predicted molar refractivity (Wildman–Crippen MR) is 65.1 cm³/mol. The van der Waals surface area contributed by atoms with Gasteiger partial charge in [-0.25, -0.2) is 4.98 Å². The normalized spacial score (nSPS) is 11.2. The van der Waals surface area contributed by atoms with Gasteiger partial charge in [0.05, 0.1) is 17.9 Å². The highest BCUT2D eigenvalue weighted by Gasteiger charge is 2.33. The fourth-order valence-electron chi connectivity index (χ4n) is 1.23. The van der Waals surface area contributed by atoms with Crippen molar-refractivity contribution in [3.05, 3.63) is 23.4 Å². The van der Waals surface area contributed by atoms with E-state index in [4.69, 9.17) is 5.73 Å². The van der Waals surface area contributed by atoms with E-state index in [1.807, 2.05) is 0 Å². The van der Waals surface area contributed by atoms with Crippen LogP contribution in [0.3, 0.4) is 0 Å². The van der Waals surface area contributed by atoms with Crippen LogP contribution in [0.25, 0.3) is 0 Å². The Balaban J connectivity index is 3.01.